The second-order valence-electron chi connectivity index (χ2n) is 1.45. The third-order valence-electron chi connectivity index (χ3n) is 0.621. The van der Waals surface area contributed by atoms with Crippen LogP contribution in [-0.4, -0.2) is 29.1 Å². The van der Waals surface area contributed by atoms with E-state index in [1.165, 1.54) is 0 Å². The van der Waals surface area contributed by atoms with E-state index >= 15 is 0 Å². The lowest BCUT2D eigenvalue weighted by atomic mass is 10.6. The van der Waals surface area contributed by atoms with E-state index in [0.29, 0.717) is 0 Å². The first-order valence-corrected chi connectivity index (χ1v) is 2.42. The molecule has 0 aliphatic rings. The number of esters is 1. The first-order chi connectivity index (χ1) is 4.57. The molecular weight excluding hydrogens is 143 g/mol. The van der Waals surface area contributed by atoms with E-state index in [-0.39, 0.29) is 0 Å². The number of rotatable bonds is 3. The van der Waals surface area contributed by atoms with E-state index in [0.717, 1.165) is 0 Å². The monoisotopic (exact) mass is 150 g/mol. The maximum absolute atomic E-state index is 11.7. The molecule has 0 aromatic carbocycles. The minimum Gasteiger partial charge on any atom is -0.428 e. The van der Waals surface area contributed by atoms with Gasteiger partial charge in [0.1, 0.15) is 6.61 Å². The average Bonchev–Trinajstić information content (AvgIpc) is 1.87. The van der Waals surface area contributed by atoms with E-state index in [1.54, 1.807) is 0 Å². The van der Waals surface area contributed by atoms with Crippen molar-refractivity contribution >= 4 is 5.97 Å². The average molecular weight is 150 g/mol. The van der Waals surface area contributed by atoms with Gasteiger partial charge < -0.3 is 14.9 Å². The van der Waals surface area contributed by atoms with Crippen molar-refractivity contribution in [2.75, 3.05) is 6.61 Å². The lowest BCUT2D eigenvalue weighted by Crippen LogP contribution is -2.20. The molecule has 1 atom stereocenters. The number of aliphatic hydroxyl groups excluding tert-OH is 2. The first kappa shape index (κ1) is 9.06. The summed E-state index contributed by atoms with van der Waals surface area (Å²) in [6, 6.07) is 0. The Labute approximate surface area is 56.5 Å². The fraction of sp³-hybridized carbons (Fsp3) is 0.400. The van der Waals surface area contributed by atoms with Crippen LogP contribution in [0.25, 0.3) is 0 Å². The van der Waals surface area contributed by atoms with Gasteiger partial charge in [-0.3, -0.25) is 0 Å². The standard InChI is InChI=1S/C5H7FO4/c1-3(6)5(9)10-4(8)2-7/h4,7-8H,1-2H2. The van der Waals surface area contributed by atoms with Crippen LogP contribution in [0.4, 0.5) is 4.39 Å². The second-order valence-corrected chi connectivity index (χ2v) is 1.45. The minimum absolute atomic E-state index is 0.765. The molecule has 0 radical (unpaired) electrons. The highest BCUT2D eigenvalue weighted by Crippen LogP contribution is 1.97. The largest absolute Gasteiger partial charge is 0.428 e. The van der Waals surface area contributed by atoms with Crippen LogP contribution in [0, 0.1) is 0 Å². The van der Waals surface area contributed by atoms with Crippen molar-refractivity contribution in [3.63, 3.8) is 0 Å². The molecule has 0 fully saturated rings. The fourth-order valence-corrected chi connectivity index (χ4v) is 0.225. The molecule has 1 unspecified atom stereocenters. The number of hydrogen-bond acceptors (Lipinski definition) is 4. The number of carbonyl (C=O) groups excluding carboxylic acids is 1. The van der Waals surface area contributed by atoms with Crippen molar-refractivity contribution in [2.45, 2.75) is 6.29 Å². The van der Waals surface area contributed by atoms with Crippen molar-refractivity contribution in [1.29, 1.82) is 0 Å². The summed E-state index contributed by atoms with van der Waals surface area (Å²) < 4.78 is 15.6. The van der Waals surface area contributed by atoms with Crippen LogP contribution in [0.2, 0.25) is 0 Å². The predicted molar refractivity (Wildman–Crippen MR) is 29.4 cm³/mol. The predicted octanol–water partition coefficient (Wildman–Crippen LogP) is -0.677. The zero-order valence-electron chi connectivity index (χ0n) is 5.08. The highest BCUT2D eigenvalue weighted by Gasteiger charge is 2.12. The topological polar surface area (TPSA) is 66.8 Å². The molecule has 0 saturated heterocycles. The zero-order valence-corrected chi connectivity index (χ0v) is 5.08. The Morgan fingerprint density at radius 2 is 2.30 bits per heavy atom. The van der Waals surface area contributed by atoms with Crippen LogP contribution in [0.15, 0.2) is 12.4 Å². The van der Waals surface area contributed by atoms with Crippen LogP contribution >= 0.6 is 0 Å². The van der Waals surface area contributed by atoms with Crippen molar-refractivity contribution in [3.05, 3.63) is 12.4 Å². The maximum atomic E-state index is 11.7. The smallest absolute Gasteiger partial charge is 0.368 e. The molecule has 0 amide bonds. The summed E-state index contributed by atoms with van der Waals surface area (Å²) in [5.74, 6) is -2.69. The molecule has 0 saturated carbocycles. The van der Waals surface area contributed by atoms with Crippen LogP contribution in [-0.2, 0) is 9.53 Å². The number of ether oxygens (including phenoxy) is 1. The number of aliphatic hydroxyl groups is 2. The highest BCUT2D eigenvalue weighted by atomic mass is 19.1. The van der Waals surface area contributed by atoms with Gasteiger partial charge in [-0.05, 0) is 0 Å². The number of hydrogen-bond donors (Lipinski definition) is 2. The Hall–Kier alpha value is -0.940. The van der Waals surface area contributed by atoms with Gasteiger partial charge in [-0.25, -0.2) is 4.79 Å². The number of carbonyl (C=O) groups is 1. The Bertz CT molecular complexity index is 145. The van der Waals surface area contributed by atoms with Gasteiger partial charge in [0, 0.05) is 0 Å². The second kappa shape index (κ2) is 3.97. The lowest BCUT2D eigenvalue weighted by Gasteiger charge is -2.06. The van der Waals surface area contributed by atoms with Gasteiger partial charge in [-0.2, -0.15) is 4.39 Å². The molecule has 5 heteroatoms. The normalized spacial score (nSPS) is 12.3. The van der Waals surface area contributed by atoms with Crippen molar-refractivity contribution in [1.82, 2.24) is 0 Å². The third kappa shape index (κ3) is 3.16. The molecule has 2 N–H and O–H groups in total. The van der Waals surface area contributed by atoms with Gasteiger partial charge >= 0.3 is 5.97 Å². The molecule has 0 spiro atoms. The SMILES string of the molecule is C=C(F)C(=O)OC(O)CO. The van der Waals surface area contributed by atoms with Gasteiger partial charge in [0.25, 0.3) is 0 Å². The van der Waals surface area contributed by atoms with E-state index < -0.39 is 24.7 Å². The molecule has 4 nitrogen and oxygen atoms in total. The van der Waals surface area contributed by atoms with Crippen LogP contribution in [0.3, 0.4) is 0 Å². The summed E-state index contributed by atoms with van der Waals surface area (Å²) in [5, 5.41) is 16.5. The van der Waals surface area contributed by atoms with Gasteiger partial charge in [-0.15, -0.1) is 0 Å². The van der Waals surface area contributed by atoms with Gasteiger partial charge in [0.2, 0.25) is 12.1 Å². The maximum Gasteiger partial charge on any atom is 0.368 e. The summed E-state index contributed by atoms with van der Waals surface area (Å²) in [6.45, 7) is 1.84. The van der Waals surface area contributed by atoms with Crippen LogP contribution in [0.5, 0.6) is 0 Å². The summed E-state index contributed by atoms with van der Waals surface area (Å²) in [5.41, 5.74) is 0. The lowest BCUT2D eigenvalue weighted by molar-refractivity contribution is -0.170. The van der Waals surface area contributed by atoms with E-state index in [9.17, 15) is 9.18 Å². The Balaban J connectivity index is 3.68. The third-order valence-corrected chi connectivity index (χ3v) is 0.621. The van der Waals surface area contributed by atoms with E-state index in [4.69, 9.17) is 10.2 Å². The molecule has 58 valence electrons. The molecule has 10 heavy (non-hydrogen) atoms. The van der Waals surface area contributed by atoms with Crippen LogP contribution < -0.4 is 0 Å². The molecular formula is C5H7FO4. The Kier molecular flexibility index (Phi) is 3.60. The first-order valence-electron chi connectivity index (χ1n) is 2.42. The van der Waals surface area contributed by atoms with Crippen LogP contribution in [0.1, 0.15) is 0 Å². The summed E-state index contributed by atoms with van der Waals surface area (Å²) in [4.78, 5) is 10.1. The Morgan fingerprint density at radius 3 is 2.60 bits per heavy atom. The van der Waals surface area contributed by atoms with Crippen molar-refractivity contribution in [2.24, 2.45) is 0 Å². The molecule has 0 rings (SSSR count). The molecule has 0 aliphatic heterocycles. The zero-order chi connectivity index (χ0) is 8.15. The van der Waals surface area contributed by atoms with E-state index in [2.05, 4.69) is 11.3 Å². The van der Waals surface area contributed by atoms with Crippen molar-refractivity contribution < 1.29 is 24.1 Å². The molecule has 0 aliphatic carbocycles. The molecule has 0 aromatic rings. The van der Waals surface area contributed by atoms with E-state index in [1.807, 2.05) is 0 Å². The Morgan fingerprint density at radius 1 is 1.80 bits per heavy atom. The van der Waals surface area contributed by atoms with Gasteiger partial charge in [0.05, 0.1) is 0 Å². The fourth-order valence-electron chi connectivity index (χ4n) is 0.225. The van der Waals surface area contributed by atoms with Gasteiger partial charge in [-0.1, -0.05) is 6.58 Å². The summed E-state index contributed by atoms with van der Waals surface area (Å²) >= 11 is 0. The summed E-state index contributed by atoms with van der Waals surface area (Å²) in [7, 11) is 0. The van der Waals surface area contributed by atoms with Crippen molar-refractivity contribution in [3.8, 4) is 0 Å². The highest BCUT2D eigenvalue weighted by molar-refractivity contribution is 5.85. The molecule has 0 bridgehead atoms. The summed E-state index contributed by atoms with van der Waals surface area (Å²) in [6.07, 6.45) is -1.68. The number of halogens is 1. The molecule has 0 heterocycles. The quantitative estimate of drug-likeness (QED) is 0.318. The molecule has 0 aromatic heterocycles. The van der Waals surface area contributed by atoms with Gasteiger partial charge in [0.15, 0.2) is 0 Å². The minimum atomic E-state index is -1.68.